The Morgan fingerprint density at radius 1 is 1.18 bits per heavy atom. The SMILES string of the molecule is C=CC(=C)C(=C)CCn1ccc2ccccc21. The number of rotatable bonds is 5. The summed E-state index contributed by atoms with van der Waals surface area (Å²) in [5, 5.41) is 1.28. The quantitative estimate of drug-likeness (QED) is 0.665. The third-order valence-electron chi connectivity index (χ3n) is 3.04. The Bertz CT molecular complexity index is 572. The van der Waals surface area contributed by atoms with Crippen molar-refractivity contribution in [2.45, 2.75) is 13.0 Å². The molecule has 2 aromatic rings. The van der Waals surface area contributed by atoms with Gasteiger partial charge in [-0.3, -0.25) is 0 Å². The predicted octanol–water partition coefficient (Wildman–Crippen LogP) is 4.33. The zero-order valence-corrected chi connectivity index (χ0v) is 10.0. The molecule has 0 spiro atoms. The van der Waals surface area contributed by atoms with Gasteiger partial charge in [0.15, 0.2) is 0 Å². The van der Waals surface area contributed by atoms with Crippen molar-refractivity contribution in [3.63, 3.8) is 0 Å². The molecule has 1 aromatic heterocycles. The number of hydrogen-bond donors (Lipinski definition) is 0. The Labute approximate surface area is 102 Å². The van der Waals surface area contributed by atoms with Crippen LogP contribution in [-0.2, 0) is 6.54 Å². The molecule has 0 unspecified atom stereocenters. The molecule has 0 saturated heterocycles. The molecule has 2 rings (SSSR count). The summed E-state index contributed by atoms with van der Waals surface area (Å²) in [6, 6.07) is 10.5. The number of fused-ring (bicyclic) bond motifs is 1. The van der Waals surface area contributed by atoms with Crippen molar-refractivity contribution in [2.24, 2.45) is 0 Å². The fourth-order valence-electron chi connectivity index (χ4n) is 1.90. The predicted molar refractivity (Wildman–Crippen MR) is 75.0 cm³/mol. The first kappa shape index (κ1) is 11.5. The Morgan fingerprint density at radius 3 is 2.71 bits per heavy atom. The van der Waals surface area contributed by atoms with Gasteiger partial charge in [0.2, 0.25) is 0 Å². The monoisotopic (exact) mass is 223 g/mol. The average molecular weight is 223 g/mol. The third kappa shape index (κ3) is 2.39. The minimum absolute atomic E-state index is 0.906. The van der Waals surface area contributed by atoms with Crippen LogP contribution in [0.2, 0.25) is 0 Å². The largest absolute Gasteiger partial charge is 0.347 e. The van der Waals surface area contributed by atoms with Crippen molar-refractivity contribution in [3.05, 3.63) is 73.5 Å². The highest BCUT2D eigenvalue weighted by molar-refractivity contribution is 5.79. The van der Waals surface area contributed by atoms with E-state index in [0.29, 0.717) is 0 Å². The lowest BCUT2D eigenvalue weighted by Crippen LogP contribution is -1.97. The summed E-state index contributed by atoms with van der Waals surface area (Å²) in [7, 11) is 0. The summed E-state index contributed by atoms with van der Waals surface area (Å²) in [6.45, 7) is 12.6. The van der Waals surface area contributed by atoms with E-state index in [-0.39, 0.29) is 0 Å². The molecule has 0 saturated carbocycles. The molecule has 0 atom stereocenters. The number of aromatic nitrogens is 1. The average Bonchev–Trinajstić information content (AvgIpc) is 2.78. The molecule has 0 aliphatic carbocycles. The summed E-state index contributed by atoms with van der Waals surface area (Å²) in [5.41, 5.74) is 3.25. The summed E-state index contributed by atoms with van der Waals surface area (Å²) in [5.74, 6) is 0. The molecule has 0 radical (unpaired) electrons. The molecule has 0 bridgehead atoms. The van der Waals surface area contributed by atoms with Crippen LogP contribution in [0.5, 0.6) is 0 Å². The van der Waals surface area contributed by atoms with Gasteiger partial charge < -0.3 is 4.57 Å². The molecule has 0 aliphatic heterocycles. The maximum atomic E-state index is 4.02. The number of para-hydroxylation sites is 1. The molecular formula is C16H17N. The number of hydrogen-bond acceptors (Lipinski definition) is 0. The zero-order valence-electron chi connectivity index (χ0n) is 10.0. The van der Waals surface area contributed by atoms with Crippen molar-refractivity contribution in [1.29, 1.82) is 0 Å². The molecular weight excluding hydrogens is 206 g/mol. The second kappa shape index (κ2) is 4.88. The van der Waals surface area contributed by atoms with Crippen molar-refractivity contribution in [2.75, 3.05) is 0 Å². The fraction of sp³-hybridized carbons (Fsp3) is 0.125. The van der Waals surface area contributed by atoms with Crippen LogP contribution >= 0.6 is 0 Å². The second-order valence-corrected chi connectivity index (χ2v) is 4.15. The summed E-state index contributed by atoms with van der Waals surface area (Å²) < 4.78 is 2.25. The van der Waals surface area contributed by atoms with E-state index >= 15 is 0 Å². The number of aryl methyl sites for hydroxylation is 1. The maximum absolute atomic E-state index is 4.02. The first-order chi connectivity index (χ1) is 8.22. The molecule has 0 amide bonds. The van der Waals surface area contributed by atoms with Gasteiger partial charge in [0.05, 0.1) is 0 Å². The minimum Gasteiger partial charge on any atom is -0.347 e. The van der Waals surface area contributed by atoms with Gasteiger partial charge in [0.25, 0.3) is 0 Å². The topological polar surface area (TPSA) is 4.93 Å². The normalized spacial score (nSPS) is 10.4. The second-order valence-electron chi connectivity index (χ2n) is 4.15. The lowest BCUT2D eigenvalue weighted by Gasteiger charge is -2.08. The standard InChI is InChI=1S/C16H17N/c1-4-13(2)14(3)9-11-17-12-10-15-7-5-6-8-16(15)17/h4-8,10,12H,1-3,9,11H2. The van der Waals surface area contributed by atoms with Crippen LogP contribution < -0.4 is 0 Å². The fourth-order valence-corrected chi connectivity index (χ4v) is 1.90. The lowest BCUT2D eigenvalue weighted by molar-refractivity contribution is 0.724. The summed E-state index contributed by atoms with van der Waals surface area (Å²) in [4.78, 5) is 0. The van der Waals surface area contributed by atoms with E-state index in [1.807, 2.05) is 0 Å². The first-order valence-corrected chi connectivity index (χ1v) is 5.75. The van der Waals surface area contributed by atoms with Crippen LogP contribution in [0, 0.1) is 0 Å². The van der Waals surface area contributed by atoms with Crippen LogP contribution in [0.4, 0.5) is 0 Å². The minimum atomic E-state index is 0.906. The highest BCUT2D eigenvalue weighted by atomic mass is 14.9. The Hall–Kier alpha value is -2.02. The van der Waals surface area contributed by atoms with Gasteiger partial charge in [0.1, 0.15) is 0 Å². The molecule has 0 aliphatic rings. The molecule has 1 nitrogen and oxygen atoms in total. The van der Waals surface area contributed by atoms with Crippen LogP contribution in [0.3, 0.4) is 0 Å². The molecule has 1 heterocycles. The summed E-state index contributed by atoms with van der Waals surface area (Å²) >= 11 is 0. The van der Waals surface area contributed by atoms with E-state index in [1.165, 1.54) is 10.9 Å². The van der Waals surface area contributed by atoms with Gasteiger partial charge in [0, 0.05) is 18.3 Å². The van der Waals surface area contributed by atoms with E-state index in [2.05, 4.69) is 60.8 Å². The van der Waals surface area contributed by atoms with Gasteiger partial charge >= 0.3 is 0 Å². The summed E-state index contributed by atoms with van der Waals surface area (Å²) in [6.07, 6.45) is 4.79. The van der Waals surface area contributed by atoms with Gasteiger partial charge in [-0.25, -0.2) is 0 Å². The highest BCUT2D eigenvalue weighted by Gasteiger charge is 2.01. The Balaban J connectivity index is 2.12. The number of benzene rings is 1. The van der Waals surface area contributed by atoms with Crippen LogP contribution in [0.15, 0.2) is 73.5 Å². The van der Waals surface area contributed by atoms with E-state index in [4.69, 9.17) is 0 Å². The van der Waals surface area contributed by atoms with Crippen molar-refractivity contribution < 1.29 is 0 Å². The van der Waals surface area contributed by atoms with Crippen molar-refractivity contribution in [3.8, 4) is 0 Å². The van der Waals surface area contributed by atoms with Crippen molar-refractivity contribution >= 4 is 10.9 Å². The van der Waals surface area contributed by atoms with E-state index in [9.17, 15) is 0 Å². The van der Waals surface area contributed by atoms with Crippen LogP contribution in [0.25, 0.3) is 10.9 Å². The maximum Gasteiger partial charge on any atom is 0.0480 e. The lowest BCUT2D eigenvalue weighted by atomic mass is 10.1. The van der Waals surface area contributed by atoms with Gasteiger partial charge in [-0.1, -0.05) is 44.0 Å². The van der Waals surface area contributed by atoms with Crippen molar-refractivity contribution in [1.82, 2.24) is 4.57 Å². The third-order valence-corrected chi connectivity index (χ3v) is 3.04. The van der Waals surface area contributed by atoms with Gasteiger partial charge in [-0.05, 0) is 35.1 Å². The van der Waals surface area contributed by atoms with E-state index < -0.39 is 0 Å². The number of nitrogens with zero attached hydrogens (tertiary/aromatic N) is 1. The highest BCUT2D eigenvalue weighted by Crippen LogP contribution is 2.18. The molecule has 1 aromatic carbocycles. The van der Waals surface area contributed by atoms with Crippen LogP contribution in [-0.4, -0.2) is 4.57 Å². The molecule has 17 heavy (non-hydrogen) atoms. The Kier molecular flexibility index (Phi) is 3.29. The smallest absolute Gasteiger partial charge is 0.0480 e. The molecule has 1 heteroatoms. The zero-order chi connectivity index (χ0) is 12.3. The molecule has 0 fully saturated rings. The van der Waals surface area contributed by atoms with Gasteiger partial charge in [-0.2, -0.15) is 0 Å². The van der Waals surface area contributed by atoms with E-state index in [0.717, 1.165) is 24.1 Å². The Morgan fingerprint density at radius 2 is 1.94 bits per heavy atom. The first-order valence-electron chi connectivity index (χ1n) is 5.75. The van der Waals surface area contributed by atoms with Crippen LogP contribution in [0.1, 0.15) is 6.42 Å². The number of allylic oxidation sites excluding steroid dienone is 3. The molecule has 86 valence electrons. The van der Waals surface area contributed by atoms with Gasteiger partial charge in [-0.15, -0.1) is 0 Å². The molecule has 0 N–H and O–H groups in total. The van der Waals surface area contributed by atoms with E-state index in [1.54, 1.807) is 6.08 Å².